The van der Waals surface area contributed by atoms with Gasteiger partial charge in [0.1, 0.15) is 5.00 Å². The Morgan fingerprint density at radius 2 is 1.89 bits per heavy atom. The Labute approximate surface area is 114 Å². The van der Waals surface area contributed by atoms with E-state index in [-0.39, 0.29) is 5.78 Å². The number of anilines is 1. The van der Waals surface area contributed by atoms with Crippen molar-refractivity contribution in [1.82, 2.24) is 4.37 Å². The maximum absolute atomic E-state index is 12.5. The molecule has 1 aromatic carbocycles. The average molecular weight is 272 g/mol. The van der Waals surface area contributed by atoms with Crippen molar-refractivity contribution in [3.8, 4) is 11.3 Å². The zero-order valence-electron chi connectivity index (χ0n) is 10.3. The van der Waals surface area contributed by atoms with Crippen LogP contribution in [0, 0.1) is 0 Å². The van der Waals surface area contributed by atoms with Crippen molar-refractivity contribution in [1.29, 1.82) is 0 Å². The number of benzene rings is 1. The zero-order valence-corrected chi connectivity index (χ0v) is 11.1. The molecule has 0 unspecified atom stereocenters. The smallest absolute Gasteiger partial charge is 0.198 e. The molecule has 0 spiro atoms. The van der Waals surface area contributed by atoms with E-state index in [9.17, 15) is 4.79 Å². The third-order valence-electron chi connectivity index (χ3n) is 3.63. The number of ketones is 1. The van der Waals surface area contributed by atoms with Crippen molar-refractivity contribution in [2.24, 2.45) is 0 Å². The molecule has 1 fully saturated rings. The topological polar surface area (TPSA) is 42.4 Å². The summed E-state index contributed by atoms with van der Waals surface area (Å²) in [5.74, 6) is 0.112. The molecule has 5 heteroatoms. The summed E-state index contributed by atoms with van der Waals surface area (Å²) in [6.07, 6.45) is 0. The minimum atomic E-state index is 0.112. The van der Waals surface area contributed by atoms with Crippen LogP contribution in [-0.2, 0) is 4.74 Å². The largest absolute Gasteiger partial charge is 0.378 e. The van der Waals surface area contributed by atoms with E-state index in [1.807, 2.05) is 24.3 Å². The van der Waals surface area contributed by atoms with Gasteiger partial charge in [-0.15, -0.1) is 0 Å². The van der Waals surface area contributed by atoms with E-state index in [2.05, 4.69) is 9.27 Å². The van der Waals surface area contributed by atoms with Gasteiger partial charge >= 0.3 is 0 Å². The second-order valence-electron chi connectivity index (χ2n) is 4.69. The molecule has 0 N–H and O–H groups in total. The van der Waals surface area contributed by atoms with Crippen molar-refractivity contribution in [2.75, 3.05) is 31.2 Å². The Kier molecular flexibility index (Phi) is 2.43. The van der Waals surface area contributed by atoms with Crippen LogP contribution < -0.4 is 4.90 Å². The highest BCUT2D eigenvalue weighted by Crippen LogP contribution is 2.43. The monoisotopic (exact) mass is 272 g/mol. The van der Waals surface area contributed by atoms with Gasteiger partial charge in [-0.05, 0) is 11.5 Å². The maximum atomic E-state index is 12.5. The summed E-state index contributed by atoms with van der Waals surface area (Å²) < 4.78 is 9.87. The van der Waals surface area contributed by atoms with Gasteiger partial charge in [-0.2, -0.15) is 4.37 Å². The first-order valence-corrected chi connectivity index (χ1v) is 7.10. The van der Waals surface area contributed by atoms with E-state index in [4.69, 9.17) is 4.74 Å². The Balaban J connectivity index is 1.83. The van der Waals surface area contributed by atoms with Gasteiger partial charge in [0, 0.05) is 24.2 Å². The van der Waals surface area contributed by atoms with Crippen molar-refractivity contribution in [3.05, 3.63) is 35.4 Å². The lowest BCUT2D eigenvalue weighted by Gasteiger charge is -2.27. The molecule has 0 radical (unpaired) electrons. The number of aromatic nitrogens is 1. The van der Waals surface area contributed by atoms with E-state index in [0.717, 1.165) is 40.5 Å². The van der Waals surface area contributed by atoms with Crippen LogP contribution in [0.25, 0.3) is 11.3 Å². The van der Waals surface area contributed by atoms with Gasteiger partial charge in [0.15, 0.2) is 5.78 Å². The van der Waals surface area contributed by atoms with E-state index in [0.29, 0.717) is 13.2 Å². The number of fused-ring (bicyclic) bond motifs is 3. The highest BCUT2D eigenvalue weighted by Gasteiger charge is 2.34. The fourth-order valence-electron chi connectivity index (χ4n) is 2.67. The van der Waals surface area contributed by atoms with Gasteiger partial charge in [-0.1, -0.05) is 24.3 Å². The zero-order chi connectivity index (χ0) is 12.8. The van der Waals surface area contributed by atoms with Gasteiger partial charge in [0.25, 0.3) is 0 Å². The van der Waals surface area contributed by atoms with Crippen LogP contribution in [0.4, 0.5) is 5.00 Å². The highest BCUT2D eigenvalue weighted by molar-refractivity contribution is 7.11. The summed E-state index contributed by atoms with van der Waals surface area (Å²) in [4.78, 5) is 14.7. The molecule has 1 aromatic heterocycles. The quantitative estimate of drug-likeness (QED) is 0.681. The Morgan fingerprint density at radius 3 is 2.68 bits per heavy atom. The van der Waals surface area contributed by atoms with Gasteiger partial charge in [0.05, 0.1) is 24.5 Å². The SMILES string of the molecule is O=C1c2ccccc2-c2nsc(N3CCOCC3)c21. The Bertz CT molecular complexity index is 659. The summed E-state index contributed by atoms with van der Waals surface area (Å²) in [7, 11) is 0. The Morgan fingerprint density at radius 1 is 1.16 bits per heavy atom. The summed E-state index contributed by atoms with van der Waals surface area (Å²) in [6.45, 7) is 3.10. The van der Waals surface area contributed by atoms with Gasteiger partial charge in [-0.25, -0.2) is 0 Å². The maximum Gasteiger partial charge on any atom is 0.198 e. The summed E-state index contributed by atoms with van der Waals surface area (Å²) >= 11 is 1.43. The van der Waals surface area contributed by atoms with E-state index in [1.54, 1.807) is 0 Å². The first-order valence-electron chi connectivity index (χ1n) is 6.33. The molecular formula is C14H12N2O2S. The molecule has 96 valence electrons. The number of rotatable bonds is 1. The third kappa shape index (κ3) is 1.55. The van der Waals surface area contributed by atoms with Crippen LogP contribution in [0.3, 0.4) is 0 Å². The number of morpholine rings is 1. The number of nitrogens with zero attached hydrogens (tertiary/aromatic N) is 2. The van der Waals surface area contributed by atoms with E-state index >= 15 is 0 Å². The van der Waals surface area contributed by atoms with Crippen LogP contribution >= 0.6 is 11.5 Å². The van der Waals surface area contributed by atoms with Gasteiger partial charge in [-0.3, -0.25) is 4.79 Å². The molecule has 4 rings (SSSR count). The molecule has 1 saturated heterocycles. The van der Waals surface area contributed by atoms with Crippen LogP contribution in [0.5, 0.6) is 0 Å². The van der Waals surface area contributed by atoms with Crippen LogP contribution in [0.2, 0.25) is 0 Å². The number of hydrogen-bond acceptors (Lipinski definition) is 5. The lowest BCUT2D eigenvalue weighted by molar-refractivity contribution is 0.104. The van der Waals surface area contributed by atoms with Gasteiger partial charge < -0.3 is 9.64 Å². The standard InChI is InChI=1S/C14H12N2O2S/c17-13-10-4-2-1-3-9(10)12-11(13)14(19-15-12)16-5-7-18-8-6-16/h1-4H,5-8H2. The van der Waals surface area contributed by atoms with Crippen LogP contribution in [-0.4, -0.2) is 36.5 Å². The van der Waals surface area contributed by atoms with Crippen LogP contribution in [0.1, 0.15) is 15.9 Å². The molecule has 1 aliphatic carbocycles. The third-order valence-corrected chi connectivity index (χ3v) is 4.54. The molecule has 4 nitrogen and oxygen atoms in total. The first-order chi connectivity index (χ1) is 9.36. The molecule has 2 heterocycles. The molecule has 19 heavy (non-hydrogen) atoms. The number of hydrogen-bond donors (Lipinski definition) is 0. The minimum absolute atomic E-state index is 0.112. The van der Waals surface area contributed by atoms with E-state index < -0.39 is 0 Å². The van der Waals surface area contributed by atoms with Crippen molar-refractivity contribution in [3.63, 3.8) is 0 Å². The molecule has 0 bridgehead atoms. The molecule has 0 amide bonds. The predicted octanol–water partition coefficient (Wildman–Crippen LogP) is 2.19. The van der Waals surface area contributed by atoms with E-state index in [1.165, 1.54) is 11.5 Å². The fourth-order valence-corrected chi connectivity index (χ4v) is 3.62. The second kappa shape index (κ2) is 4.15. The minimum Gasteiger partial charge on any atom is -0.378 e. The number of ether oxygens (including phenoxy) is 1. The molecule has 2 aliphatic rings. The predicted molar refractivity (Wildman–Crippen MR) is 74.0 cm³/mol. The fraction of sp³-hybridized carbons (Fsp3) is 0.286. The summed E-state index contributed by atoms with van der Waals surface area (Å²) in [6, 6.07) is 7.71. The normalized spacial score (nSPS) is 17.5. The average Bonchev–Trinajstić information content (AvgIpc) is 3.02. The molecule has 2 aromatic rings. The molecule has 0 atom stereocenters. The molecular weight excluding hydrogens is 260 g/mol. The lowest BCUT2D eigenvalue weighted by Crippen LogP contribution is -2.36. The van der Waals surface area contributed by atoms with Crippen molar-refractivity contribution >= 4 is 22.3 Å². The number of carbonyl (C=O) groups excluding carboxylic acids is 1. The van der Waals surface area contributed by atoms with Crippen molar-refractivity contribution < 1.29 is 9.53 Å². The van der Waals surface area contributed by atoms with Gasteiger partial charge in [0.2, 0.25) is 0 Å². The van der Waals surface area contributed by atoms with Crippen LogP contribution in [0.15, 0.2) is 24.3 Å². The van der Waals surface area contributed by atoms with Crippen molar-refractivity contribution in [2.45, 2.75) is 0 Å². The Hall–Kier alpha value is -1.72. The molecule has 1 aliphatic heterocycles. The summed E-state index contributed by atoms with van der Waals surface area (Å²) in [5.41, 5.74) is 3.39. The summed E-state index contributed by atoms with van der Waals surface area (Å²) in [5, 5.41) is 1.000. The second-order valence-corrected chi connectivity index (χ2v) is 5.44. The lowest BCUT2D eigenvalue weighted by atomic mass is 10.1. The molecule has 0 saturated carbocycles. The highest BCUT2D eigenvalue weighted by atomic mass is 32.1. The number of carbonyl (C=O) groups is 1. The first kappa shape index (κ1) is 11.1.